The fraction of sp³-hybridized carbons (Fsp3) is 0.500. The maximum absolute atomic E-state index is 5.58. The van der Waals surface area contributed by atoms with Crippen LogP contribution >= 0.6 is 0 Å². The number of hydrogen-bond donors (Lipinski definition) is 1. The molecular weight excluding hydrogens is 254 g/mol. The molecule has 1 atom stereocenters. The molecule has 20 heavy (non-hydrogen) atoms. The minimum atomic E-state index is 0.0902. The number of nitrogens with two attached hydrogens (primary N) is 1. The number of benzene rings is 1. The standard InChI is InChI=1S/C16H23NO3/c1-3-18-13-14(2)19-11-12-20-16-8-6-15(7-9-16)5-4-10-17/h6-9,14H,3,10-13,17H2,1-2H3. The van der Waals surface area contributed by atoms with Crippen molar-refractivity contribution < 1.29 is 14.2 Å². The summed E-state index contributed by atoms with van der Waals surface area (Å²) in [6.45, 7) is 6.72. The summed E-state index contributed by atoms with van der Waals surface area (Å²) in [6.07, 6.45) is 0.0902. The lowest BCUT2D eigenvalue weighted by atomic mass is 10.2. The Kier molecular flexibility index (Phi) is 8.48. The normalized spacial score (nSPS) is 11.6. The van der Waals surface area contributed by atoms with Crippen molar-refractivity contribution in [3.8, 4) is 17.6 Å². The Morgan fingerprint density at radius 1 is 1.20 bits per heavy atom. The van der Waals surface area contributed by atoms with E-state index in [9.17, 15) is 0 Å². The lowest BCUT2D eigenvalue weighted by Crippen LogP contribution is -2.19. The van der Waals surface area contributed by atoms with Gasteiger partial charge in [0.2, 0.25) is 0 Å². The Labute approximate surface area is 121 Å². The van der Waals surface area contributed by atoms with Crippen molar-refractivity contribution in [1.82, 2.24) is 0 Å². The van der Waals surface area contributed by atoms with Gasteiger partial charge in [0.05, 0.1) is 25.9 Å². The molecule has 1 unspecified atom stereocenters. The van der Waals surface area contributed by atoms with Crippen LogP contribution in [0.5, 0.6) is 5.75 Å². The first-order valence-corrected chi connectivity index (χ1v) is 6.87. The monoisotopic (exact) mass is 277 g/mol. The molecule has 4 heteroatoms. The second-order valence-electron chi connectivity index (χ2n) is 4.22. The highest BCUT2D eigenvalue weighted by molar-refractivity contribution is 5.38. The SMILES string of the molecule is CCOCC(C)OCCOc1ccc(C#CCN)cc1. The Hall–Kier alpha value is -1.54. The summed E-state index contributed by atoms with van der Waals surface area (Å²) < 4.78 is 16.4. The fourth-order valence-corrected chi connectivity index (χ4v) is 1.53. The molecule has 0 aliphatic heterocycles. The van der Waals surface area contributed by atoms with Crippen LogP contribution in [0.3, 0.4) is 0 Å². The average molecular weight is 277 g/mol. The van der Waals surface area contributed by atoms with Crippen LogP contribution in [0.4, 0.5) is 0 Å². The van der Waals surface area contributed by atoms with Gasteiger partial charge in [-0.05, 0) is 38.1 Å². The van der Waals surface area contributed by atoms with Gasteiger partial charge in [-0.25, -0.2) is 0 Å². The van der Waals surface area contributed by atoms with Crippen LogP contribution in [-0.2, 0) is 9.47 Å². The topological polar surface area (TPSA) is 53.7 Å². The summed E-state index contributed by atoms with van der Waals surface area (Å²) in [5, 5.41) is 0. The molecule has 0 heterocycles. The van der Waals surface area contributed by atoms with Crippen molar-refractivity contribution in [2.24, 2.45) is 5.73 Å². The number of ether oxygens (including phenoxy) is 3. The van der Waals surface area contributed by atoms with E-state index in [1.54, 1.807) is 0 Å². The highest BCUT2D eigenvalue weighted by Crippen LogP contribution is 2.11. The molecule has 0 bridgehead atoms. The summed E-state index contributed by atoms with van der Waals surface area (Å²) in [4.78, 5) is 0. The van der Waals surface area contributed by atoms with Gasteiger partial charge in [-0.2, -0.15) is 0 Å². The van der Waals surface area contributed by atoms with Crippen LogP contribution in [0.25, 0.3) is 0 Å². The Bertz CT molecular complexity index is 420. The molecule has 0 aliphatic carbocycles. The third-order valence-electron chi connectivity index (χ3n) is 2.50. The molecule has 0 aliphatic rings. The Balaban J connectivity index is 2.22. The third-order valence-corrected chi connectivity index (χ3v) is 2.50. The lowest BCUT2D eigenvalue weighted by Gasteiger charge is -2.13. The van der Waals surface area contributed by atoms with Gasteiger partial charge in [0.15, 0.2) is 0 Å². The molecule has 0 fully saturated rings. The molecule has 0 saturated heterocycles. The van der Waals surface area contributed by atoms with Crippen molar-refractivity contribution in [2.75, 3.05) is 33.0 Å². The smallest absolute Gasteiger partial charge is 0.119 e. The maximum atomic E-state index is 5.58. The van der Waals surface area contributed by atoms with Crippen molar-refractivity contribution in [1.29, 1.82) is 0 Å². The average Bonchev–Trinajstić information content (AvgIpc) is 2.48. The van der Waals surface area contributed by atoms with Gasteiger partial charge in [-0.3, -0.25) is 0 Å². The second-order valence-corrected chi connectivity index (χ2v) is 4.22. The fourth-order valence-electron chi connectivity index (χ4n) is 1.53. The van der Waals surface area contributed by atoms with Gasteiger partial charge in [-0.15, -0.1) is 0 Å². The summed E-state index contributed by atoms with van der Waals surface area (Å²) in [5.41, 5.74) is 6.26. The predicted molar refractivity (Wildman–Crippen MR) is 79.8 cm³/mol. The number of rotatable bonds is 8. The molecular formula is C16H23NO3. The first kappa shape index (κ1) is 16.5. The van der Waals surface area contributed by atoms with E-state index < -0.39 is 0 Å². The second kappa shape index (κ2) is 10.3. The van der Waals surface area contributed by atoms with E-state index in [1.807, 2.05) is 38.1 Å². The zero-order valence-electron chi connectivity index (χ0n) is 12.2. The van der Waals surface area contributed by atoms with E-state index in [1.165, 1.54) is 0 Å². The van der Waals surface area contributed by atoms with E-state index in [0.717, 1.165) is 11.3 Å². The van der Waals surface area contributed by atoms with Crippen LogP contribution in [0, 0.1) is 11.8 Å². The molecule has 1 aromatic rings. The minimum absolute atomic E-state index is 0.0902. The molecule has 0 amide bonds. The van der Waals surface area contributed by atoms with Crippen LogP contribution in [0.2, 0.25) is 0 Å². The van der Waals surface area contributed by atoms with Gasteiger partial charge in [-0.1, -0.05) is 11.8 Å². The zero-order valence-corrected chi connectivity index (χ0v) is 12.2. The molecule has 1 aromatic carbocycles. The summed E-state index contributed by atoms with van der Waals surface area (Å²) >= 11 is 0. The first-order chi connectivity index (χ1) is 9.76. The summed E-state index contributed by atoms with van der Waals surface area (Å²) in [7, 11) is 0. The van der Waals surface area contributed by atoms with Crippen LogP contribution in [0.15, 0.2) is 24.3 Å². The van der Waals surface area contributed by atoms with E-state index in [0.29, 0.717) is 33.0 Å². The zero-order chi connectivity index (χ0) is 14.6. The summed E-state index contributed by atoms with van der Waals surface area (Å²) in [6, 6.07) is 7.61. The Morgan fingerprint density at radius 3 is 2.60 bits per heavy atom. The largest absolute Gasteiger partial charge is 0.491 e. The van der Waals surface area contributed by atoms with Gasteiger partial charge in [0, 0.05) is 12.2 Å². The predicted octanol–water partition coefficient (Wildman–Crippen LogP) is 1.82. The maximum Gasteiger partial charge on any atom is 0.119 e. The van der Waals surface area contributed by atoms with Gasteiger partial charge in [0.1, 0.15) is 12.4 Å². The van der Waals surface area contributed by atoms with Crippen molar-refractivity contribution in [2.45, 2.75) is 20.0 Å². The lowest BCUT2D eigenvalue weighted by molar-refractivity contribution is -0.0128. The van der Waals surface area contributed by atoms with E-state index in [4.69, 9.17) is 19.9 Å². The van der Waals surface area contributed by atoms with Gasteiger partial charge >= 0.3 is 0 Å². The molecule has 0 aromatic heterocycles. The molecule has 1 rings (SSSR count). The molecule has 2 N–H and O–H groups in total. The van der Waals surface area contributed by atoms with Gasteiger partial charge < -0.3 is 19.9 Å². The van der Waals surface area contributed by atoms with Crippen molar-refractivity contribution in [3.63, 3.8) is 0 Å². The van der Waals surface area contributed by atoms with Gasteiger partial charge in [0.25, 0.3) is 0 Å². The highest BCUT2D eigenvalue weighted by Gasteiger charge is 2.01. The molecule has 4 nitrogen and oxygen atoms in total. The van der Waals surface area contributed by atoms with Crippen LogP contribution in [-0.4, -0.2) is 39.1 Å². The molecule has 110 valence electrons. The van der Waals surface area contributed by atoms with Crippen LogP contribution < -0.4 is 10.5 Å². The summed E-state index contributed by atoms with van der Waals surface area (Å²) in [5.74, 6) is 6.58. The van der Waals surface area contributed by atoms with E-state index >= 15 is 0 Å². The first-order valence-electron chi connectivity index (χ1n) is 6.87. The van der Waals surface area contributed by atoms with E-state index in [2.05, 4.69) is 11.8 Å². The molecule has 0 radical (unpaired) electrons. The van der Waals surface area contributed by atoms with E-state index in [-0.39, 0.29) is 6.10 Å². The molecule has 0 spiro atoms. The van der Waals surface area contributed by atoms with Crippen molar-refractivity contribution in [3.05, 3.63) is 29.8 Å². The number of hydrogen-bond acceptors (Lipinski definition) is 4. The minimum Gasteiger partial charge on any atom is -0.491 e. The molecule has 0 saturated carbocycles. The Morgan fingerprint density at radius 2 is 1.95 bits per heavy atom. The quantitative estimate of drug-likeness (QED) is 0.582. The third kappa shape index (κ3) is 7.15. The van der Waals surface area contributed by atoms with Crippen molar-refractivity contribution >= 4 is 0 Å². The van der Waals surface area contributed by atoms with Crippen LogP contribution in [0.1, 0.15) is 19.4 Å². The highest BCUT2D eigenvalue weighted by atomic mass is 16.5.